The Balaban J connectivity index is 2.06. The van der Waals surface area contributed by atoms with Gasteiger partial charge in [0, 0.05) is 25.5 Å². The second-order valence-corrected chi connectivity index (χ2v) is 4.77. The lowest BCUT2D eigenvalue weighted by molar-refractivity contribution is 0.0914. The maximum absolute atomic E-state index is 12.3. The molecule has 5 heteroatoms. The van der Waals surface area contributed by atoms with Crippen LogP contribution in [0.1, 0.15) is 35.2 Å². The number of amides is 1. The van der Waals surface area contributed by atoms with Crippen LogP contribution in [-0.4, -0.2) is 36.7 Å². The van der Waals surface area contributed by atoms with Crippen molar-refractivity contribution in [2.75, 3.05) is 13.7 Å². The van der Waals surface area contributed by atoms with Crippen LogP contribution in [0, 0.1) is 11.8 Å². The molecular formula is C15H19N3O2. The Labute approximate surface area is 118 Å². The van der Waals surface area contributed by atoms with E-state index >= 15 is 0 Å². The van der Waals surface area contributed by atoms with Crippen LogP contribution in [-0.2, 0) is 4.74 Å². The van der Waals surface area contributed by atoms with Gasteiger partial charge in [0.15, 0.2) is 0 Å². The van der Waals surface area contributed by atoms with Gasteiger partial charge in [-0.1, -0.05) is 11.8 Å². The molecule has 0 saturated heterocycles. The van der Waals surface area contributed by atoms with E-state index < -0.39 is 0 Å². The summed E-state index contributed by atoms with van der Waals surface area (Å²) < 4.78 is 5.31. The zero-order valence-corrected chi connectivity index (χ0v) is 11.6. The maximum atomic E-state index is 12.3. The summed E-state index contributed by atoms with van der Waals surface area (Å²) in [5.41, 5.74) is 6.51. The fourth-order valence-electron chi connectivity index (χ4n) is 2.39. The Kier molecular flexibility index (Phi) is 5.10. The minimum Gasteiger partial charge on any atom is -0.381 e. The van der Waals surface area contributed by atoms with Crippen LogP contribution in [0.15, 0.2) is 18.5 Å². The van der Waals surface area contributed by atoms with Crippen molar-refractivity contribution < 1.29 is 9.53 Å². The second-order valence-electron chi connectivity index (χ2n) is 4.77. The summed E-state index contributed by atoms with van der Waals surface area (Å²) in [4.78, 5) is 16.3. The highest BCUT2D eigenvalue weighted by molar-refractivity contribution is 5.96. The number of hydrogen-bond acceptors (Lipinski definition) is 4. The molecular weight excluding hydrogens is 254 g/mol. The fourth-order valence-corrected chi connectivity index (χ4v) is 2.39. The van der Waals surface area contributed by atoms with Crippen molar-refractivity contribution in [2.24, 2.45) is 5.73 Å². The molecule has 0 bridgehead atoms. The van der Waals surface area contributed by atoms with Crippen molar-refractivity contribution in [2.45, 2.75) is 31.4 Å². The Morgan fingerprint density at radius 3 is 3.15 bits per heavy atom. The van der Waals surface area contributed by atoms with E-state index in [4.69, 9.17) is 10.5 Å². The molecule has 20 heavy (non-hydrogen) atoms. The number of rotatable bonds is 3. The van der Waals surface area contributed by atoms with E-state index in [9.17, 15) is 4.79 Å². The van der Waals surface area contributed by atoms with Crippen molar-refractivity contribution in [1.82, 2.24) is 10.3 Å². The summed E-state index contributed by atoms with van der Waals surface area (Å²) in [6.07, 6.45) is 6.21. The Bertz CT molecular complexity index is 533. The molecule has 2 rings (SSSR count). The molecule has 1 aromatic rings. The summed E-state index contributed by atoms with van der Waals surface area (Å²) in [5.74, 6) is 5.51. The van der Waals surface area contributed by atoms with E-state index in [0.29, 0.717) is 11.1 Å². The van der Waals surface area contributed by atoms with E-state index in [-0.39, 0.29) is 24.6 Å². The summed E-state index contributed by atoms with van der Waals surface area (Å²) >= 11 is 0. The number of aromatic nitrogens is 1. The van der Waals surface area contributed by atoms with Gasteiger partial charge >= 0.3 is 0 Å². The Hall–Kier alpha value is -1.90. The molecule has 1 aliphatic carbocycles. The molecule has 0 spiro atoms. The van der Waals surface area contributed by atoms with Gasteiger partial charge in [-0.05, 0) is 25.3 Å². The average Bonchev–Trinajstić information content (AvgIpc) is 2.93. The van der Waals surface area contributed by atoms with Crippen molar-refractivity contribution in [3.05, 3.63) is 29.6 Å². The third-order valence-corrected chi connectivity index (χ3v) is 3.44. The largest absolute Gasteiger partial charge is 0.381 e. The van der Waals surface area contributed by atoms with Gasteiger partial charge in [0.25, 0.3) is 5.91 Å². The second kappa shape index (κ2) is 7.04. The van der Waals surface area contributed by atoms with Gasteiger partial charge < -0.3 is 15.8 Å². The third kappa shape index (κ3) is 3.56. The minimum atomic E-state index is -0.115. The summed E-state index contributed by atoms with van der Waals surface area (Å²) in [6.45, 7) is 0.258. The highest BCUT2D eigenvalue weighted by Gasteiger charge is 2.26. The van der Waals surface area contributed by atoms with Crippen molar-refractivity contribution >= 4 is 5.91 Å². The molecule has 2 atom stereocenters. The minimum absolute atomic E-state index is 0.115. The van der Waals surface area contributed by atoms with Crippen LogP contribution in [0.4, 0.5) is 0 Å². The highest BCUT2D eigenvalue weighted by atomic mass is 16.5. The average molecular weight is 273 g/mol. The molecule has 1 heterocycles. The molecule has 0 radical (unpaired) electrons. The van der Waals surface area contributed by atoms with Crippen LogP contribution in [0.2, 0.25) is 0 Å². The standard InChI is InChI=1S/C15H19N3O2/c1-20-13-5-4-12(9-13)18-15(19)14-6-8-17-10-11(14)3-2-7-16/h6,8,10,12-13H,4-5,7,9,16H2,1H3,(H,18,19). The van der Waals surface area contributed by atoms with Crippen molar-refractivity contribution in [3.63, 3.8) is 0 Å². The first-order valence-electron chi connectivity index (χ1n) is 6.71. The number of carbonyl (C=O) groups excluding carboxylic acids is 1. The predicted molar refractivity (Wildman–Crippen MR) is 76.1 cm³/mol. The summed E-state index contributed by atoms with van der Waals surface area (Å²) in [6, 6.07) is 1.84. The van der Waals surface area contributed by atoms with E-state index in [1.165, 1.54) is 0 Å². The number of hydrogen-bond donors (Lipinski definition) is 2. The first-order chi connectivity index (χ1) is 9.74. The number of pyridine rings is 1. The van der Waals surface area contributed by atoms with Gasteiger partial charge in [-0.2, -0.15) is 0 Å². The summed E-state index contributed by atoms with van der Waals surface area (Å²) in [7, 11) is 1.71. The first-order valence-corrected chi connectivity index (χ1v) is 6.71. The van der Waals surface area contributed by atoms with Gasteiger partial charge in [-0.25, -0.2) is 0 Å². The lowest BCUT2D eigenvalue weighted by Gasteiger charge is -2.13. The Morgan fingerprint density at radius 1 is 1.60 bits per heavy atom. The van der Waals surface area contributed by atoms with Crippen molar-refractivity contribution in [3.8, 4) is 11.8 Å². The third-order valence-electron chi connectivity index (χ3n) is 3.44. The fraction of sp³-hybridized carbons (Fsp3) is 0.467. The van der Waals surface area contributed by atoms with Gasteiger partial charge in [0.05, 0.1) is 23.8 Å². The first kappa shape index (κ1) is 14.5. The molecule has 106 valence electrons. The molecule has 0 aromatic carbocycles. The van der Waals surface area contributed by atoms with Crippen molar-refractivity contribution in [1.29, 1.82) is 0 Å². The highest BCUT2D eigenvalue weighted by Crippen LogP contribution is 2.21. The monoisotopic (exact) mass is 273 g/mol. The Morgan fingerprint density at radius 2 is 2.45 bits per heavy atom. The number of nitrogens with one attached hydrogen (secondary N) is 1. The summed E-state index contributed by atoms with van der Waals surface area (Å²) in [5, 5.41) is 3.03. The topological polar surface area (TPSA) is 77.2 Å². The van der Waals surface area contributed by atoms with Crippen LogP contribution in [0.25, 0.3) is 0 Å². The van der Waals surface area contributed by atoms with Crippen LogP contribution in [0.5, 0.6) is 0 Å². The molecule has 1 saturated carbocycles. The van der Waals surface area contributed by atoms with Crippen LogP contribution >= 0.6 is 0 Å². The van der Waals surface area contributed by atoms with Gasteiger partial charge in [-0.3, -0.25) is 9.78 Å². The number of ether oxygens (including phenoxy) is 1. The normalized spacial score (nSPS) is 21.1. The molecule has 1 aliphatic rings. The zero-order valence-electron chi connectivity index (χ0n) is 11.6. The van der Waals surface area contributed by atoms with Crippen LogP contribution in [0.3, 0.4) is 0 Å². The SMILES string of the molecule is COC1CCC(NC(=O)c2ccncc2C#CCN)C1. The number of methoxy groups -OCH3 is 1. The quantitative estimate of drug-likeness (QED) is 0.794. The van der Waals surface area contributed by atoms with E-state index in [1.54, 1.807) is 25.6 Å². The lowest BCUT2D eigenvalue weighted by Crippen LogP contribution is -2.33. The molecule has 1 aromatic heterocycles. The smallest absolute Gasteiger partial charge is 0.252 e. The lowest BCUT2D eigenvalue weighted by atomic mass is 10.1. The number of nitrogens with zero attached hydrogens (tertiary/aromatic N) is 1. The van der Waals surface area contributed by atoms with E-state index in [1.807, 2.05) is 0 Å². The van der Waals surface area contributed by atoms with Gasteiger partial charge in [0.1, 0.15) is 0 Å². The van der Waals surface area contributed by atoms with E-state index in [2.05, 4.69) is 22.1 Å². The number of carbonyl (C=O) groups is 1. The van der Waals surface area contributed by atoms with E-state index in [0.717, 1.165) is 19.3 Å². The molecule has 5 nitrogen and oxygen atoms in total. The molecule has 1 fully saturated rings. The molecule has 3 N–H and O–H groups in total. The van der Waals surface area contributed by atoms with Gasteiger partial charge in [0.2, 0.25) is 0 Å². The molecule has 2 unspecified atom stereocenters. The molecule has 0 aliphatic heterocycles. The maximum Gasteiger partial charge on any atom is 0.252 e. The van der Waals surface area contributed by atoms with Gasteiger partial charge in [-0.15, -0.1) is 0 Å². The predicted octanol–water partition coefficient (Wildman–Crippen LogP) is 0.689. The number of nitrogens with two attached hydrogens (primary N) is 1. The molecule has 1 amide bonds. The van der Waals surface area contributed by atoms with Crippen LogP contribution < -0.4 is 11.1 Å². The zero-order chi connectivity index (χ0) is 14.4.